The van der Waals surface area contributed by atoms with Gasteiger partial charge in [-0.25, -0.2) is 4.98 Å². The number of fused-ring (bicyclic) bond motifs is 1. The fourth-order valence-corrected chi connectivity index (χ4v) is 1.43. The third kappa shape index (κ3) is 1.10. The van der Waals surface area contributed by atoms with Crippen LogP contribution in [0.15, 0.2) is 16.9 Å². The third-order valence-corrected chi connectivity index (χ3v) is 2.19. The van der Waals surface area contributed by atoms with E-state index in [-0.39, 0.29) is 11.5 Å². The van der Waals surface area contributed by atoms with Crippen LogP contribution in [0.3, 0.4) is 0 Å². The highest BCUT2D eigenvalue weighted by atomic mass is 16.1. The Morgan fingerprint density at radius 1 is 1.36 bits per heavy atom. The van der Waals surface area contributed by atoms with E-state index < -0.39 is 0 Å². The molecule has 0 aliphatic heterocycles. The number of H-pyrrole nitrogens is 1. The molecule has 0 aliphatic carbocycles. The summed E-state index contributed by atoms with van der Waals surface area (Å²) in [7, 11) is 0. The summed E-state index contributed by atoms with van der Waals surface area (Å²) in [6.07, 6.45) is 0. The largest absolute Gasteiger partial charge is 0.398 e. The molecule has 2 rings (SSSR count). The molecule has 5 heteroatoms. The van der Waals surface area contributed by atoms with E-state index in [1.807, 2.05) is 0 Å². The van der Waals surface area contributed by atoms with Gasteiger partial charge in [0.1, 0.15) is 0 Å². The summed E-state index contributed by atoms with van der Waals surface area (Å²) in [6, 6.07) is 3.40. The highest BCUT2D eigenvalue weighted by molar-refractivity contribution is 5.86. The van der Waals surface area contributed by atoms with E-state index >= 15 is 0 Å². The van der Waals surface area contributed by atoms with Crippen LogP contribution in [0, 0.1) is 6.92 Å². The van der Waals surface area contributed by atoms with E-state index in [0.717, 1.165) is 5.56 Å². The van der Waals surface area contributed by atoms with Crippen molar-refractivity contribution < 1.29 is 0 Å². The molecule has 0 saturated heterocycles. The van der Waals surface area contributed by atoms with E-state index in [0.29, 0.717) is 16.6 Å². The van der Waals surface area contributed by atoms with Crippen molar-refractivity contribution in [3.63, 3.8) is 0 Å². The highest BCUT2D eigenvalue weighted by Crippen LogP contribution is 2.18. The first-order chi connectivity index (χ1) is 6.59. The molecule has 5 N–H and O–H groups in total. The fraction of sp³-hybridized carbons (Fsp3) is 0.111. The van der Waals surface area contributed by atoms with Gasteiger partial charge in [0.2, 0.25) is 5.95 Å². The van der Waals surface area contributed by atoms with Crippen molar-refractivity contribution in [1.82, 2.24) is 9.97 Å². The maximum atomic E-state index is 11.5. The van der Waals surface area contributed by atoms with Gasteiger partial charge in [-0.3, -0.25) is 9.78 Å². The number of aromatic nitrogens is 2. The Bertz CT molecular complexity index is 558. The number of rotatable bonds is 0. The van der Waals surface area contributed by atoms with E-state index in [1.165, 1.54) is 0 Å². The lowest BCUT2D eigenvalue weighted by Gasteiger charge is -2.04. The molecule has 0 fully saturated rings. The summed E-state index contributed by atoms with van der Waals surface area (Å²) in [5, 5.41) is 0.499. The minimum atomic E-state index is -0.252. The van der Waals surface area contributed by atoms with E-state index in [2.05, 4.69) is 9.97 Å². The number of benzene rings is 1. The average Bonchev–Trinajstić information content (AvgIpc) is 2.10. The molecule has 2 aromatic rings. The van der Waals surface area contributed by atoms with Crippen LogP contribution in [-0.2, 0) is 0 Å². The van der Waals surface area contributed by atoms with Crippen molar-refractivity contribution in [2.24, 2.45) is 0 Å². The summed E-state index contributed by atoms with van der Waals surface area (Å²) in [5.41, 5.74) is 12.7. The quantitative estimate of drug-likeness (QED) is 0.523. The number of hydrogen-bond acceptors (Lipinski definition) is 4. The molecule has 14 heavy (non-hydrogen) atoms. The zero-order chi connectivity index (χ0) is 10.3. The Kier molecular flexibility index (Phi) is 1.67. The van der Waals surface area contributed by atoms with Gasteiger partial charge in [0.15, 0.2) is 0 Å². The molecule has 0 unspecified atom stereocenters. The molecule has 0 spiro atoms. The minimum absolute atomic E-state index is 0.117. The third-order valence-electron chi connectivity index (χ3n) is 2.19. The molecule has 0 aliphatic rings. The monoisotopic (exact) mass is 190 g/mol. The molecule has 0 atom stereocenters. The average molecular weight is 190 g/mol. The second kappa shape index (κ2) is 2.73. The van der Waals surface area contributed by atoms with Gasteiger partial charge in [-0.15, -0.1) is 0 Å². The molecule has 0 amide bonds. The van der Waals surface area contributed by atoms with Crippen LogP contribution < -0.4 is 17.0 Å². The number of aromatic amines is 1. The first-order valence-electron chi connectivity index (χ1n) is 4.14. The predicted molar refractivity (Wildman–Crippen MR) is 55.9 cm³/mol. The zero-order valence-corrected chi connectivity index (χ0v) is 7.66. The Hall–Kier alpha value is -2.04. The Labute approximate surface area is 79.8 Å². The summed E-state index contributed by atoms with van der Waals surface area (Å²) in [4.78, 5) is 18.0. The number of nitrogens with one attached hydrogen (secondary N) is 1. The maximum absolute atomic E-state index is 11.5. The molecule has 0 radical (unpaired) electrons. The maximum Gasteiger partial charge on any atom is 0.260 e. The van der Waals surface area contributed by atoms with E-state index in [1.54, 1.807) is 19.1 Å². The number of anilines is 2. The van der Waals surface area contributed by atoms with Crippen LogP contribution in [-0.4, -0.2) is 9.97 Å². The van der Waals surface area contributed by atoms with Gasteiger partial charge in [0.05, 0.1) is 10.9 Å². The SMILES string of the molecule is Cc1c(N)ccc2nc(N)[nH]c(=O)c12. The fourth-order valence-electron chi connectivity index (χ4n) is 1.43. The van der Waals surface area contributed by atoms with Gasteiger partial charge in [-0.2, -0.15) is 0 Å². The number of aryl methyl sites for hydroxylation is 1. The van der Waals surface area contributed by atoms with Crippen molar-refractivity contribution in [2.45, 2.75) is 6.92 Å². The first-order valence-corrected chi connectivity index (χ1v) is 4.14. The lowest BCUT2D eigenvalue weighted by atomic mass is 10.1. The van der Waals surface area contributed by atoms with Gasteiger partial charge >= 0.3 is 0 Å². The Balaban J connectivity index is 3.03. The summed E-state index contributed by atoms with van der Waals surface area (Å²) in [5.74, 6) is 0.117. The zero-order valence-electron chi connectivity index (χ0n) is 7.66. The molecule has 0 saturated carbocycles. The number of hydrogen-bond donors (Lipinski definition) is 3. The first kappa shape index (κ1) is 8.55. The summed E-state index contributed by atoms with van der Waals surface area (Å²) >= 11 is 0. The second-order valence-electron chi connectivity index (χ2n) is 3.13. The van der Waals surface area contributed by atoms with Gasteiger partial charge in [0.25, 0.3) is 5.56 Å². The topological polar surface area (TPSA) is 97.8 Å². The summed E-state index contributed by atoms with van der Waals surface area (Å²) in [6.45, 7) is 1.78. The lowest BCUT2D eigenvalue weighted by molar-refractivity contribution is 1.18. The lowest BCUT2D eigenvalue weighted by Crippen LogP contribution is -2.12. The van der Waals surface area contributed by atoms with Crippen molar-refractivity contribution in [1.29, 1.82) is 0 Å². The molecular weight excluding hydrogens is 180 g/mol. The van der Waals surface area contributed by atoms with Crippen molar-refractivity contribution in [3.8, 4) is 0 Å². The molecular formula is C9H10N4O. The van der Waals surface area contributed by atoms with E-state index in [4.69, 9.17) is 11.5 Å². The van der Waals surface area contributed by atoms with Crippen LogP contribution in [0.4, 0.5) is 11.6 Å². The smallest absolute Gasteiger partial charge is 0.260 e. The number of nitrogens with zero attached hydrogens (tertiary/aromatic N) is 1. The van der Waals surface area contributed by atoms with E-state index in [9.17, 15) is 4.79 Å². The van der Waals surface area contributed by atoms with Crippen LogP contribution in [0.2, 0.25) is 0 Å². The normalized spacial score (nSPS) is 10.6. The molecule has 1 aromatic carbocycles. The second-order valence-corrected chi connectivity index (χ2v) is 3.13. The standard InChI is InChI=1S/C9H10N4O/c1-4-5(10)2-3-6-7(4)8(14)13-9(11)12-6/h2-3H,10H2,1H3,(H3,11,12,13,14). The van der Waals surface area contributed by atoms with Crippen LogP contribution in [0.5, 0.6) is 0 Å². The van der Waals surface area contributed by atoms with Gasteiger partial charge in [-0.05, 0) is 24.6 Å². The number of nitrogens with two attached hydrogens (primary N) is 2. The highest BCUT2D eigenvalue weighted by Gasteiger charge is 2.06. The molecule has 0 bridgehead atoms. The molecule has 1 heterocycles. The van der Waals surface area contributed by atoms with Gasteiger partial charge in [-0.1, -0.05) is 0 Å². The van der Waals surface area contributed by atoms with Crippen LogP contribution in [0.1, 0.15) is 5.56 Å². The molecule has 72 valence electrons. The predicted octanol–water partition coefficient (Wildman–Crippen LogP) is 0.396. The van der Waals surface area contributed by atoms with Crippen LogP contribution in [0.25, 0.3) is 10.9 Å². The van der Waals surface area contributed by atoms with Gasteiger partial charge in [0, 0.05) is 5.69 Å². The van der Waals surface area contributed by atoms with Crippen molar-refractivity contribution in [3.05, 3.63) is 28.0 Å². The Morgan fingerprint density at radius 3 is 2.79 bits per heavy atom. The van der Waals surface area contributed by atoms with Crippen molar-refractivity contribution in [2.75, 3.05) is 11.5 Å². The molecule has 1 aromatic heterocycles. The molecule has 5 nitrogen and oxygen atoms in total. The minimum Gasteiger partial charge on any atom is -0.398 e. The van der Waals surface area contributed by atoms with Crippen LogP contribution >= 0.6 is 0 Å². The number of nitrogen functional groups attached to an aromatic ring is 2. The van der Waals surface area contributed by atoms with Crippen molar-refractivity contribution >= 4 is 22.5 Å². The van der Waals surface area contributed by atoms with Gasteiger partial charge < -0.3 is 11.5 Å². The summed E-state index contributed by atoms with van der Waals surface area (Å²) < 4.78 is 0. The Morgan fingerprint density at radius 2 is 2.07 bits per heavy atom.